The average molecular weight is 333 g/mol. The van der Waals surface area contributed by atoms with Crippen molar-refractivity contribution in [3.63, 3.8) is 0 Å². The van der Waals surface area contributed by atoms with E-state index in [0.29, 0.717) is 5.69 Å². The van der Waals surface area contributed by atoms with Gasteiger partial charge in [-0.1, -0.05) is 0 Å². The maximum atomic E-state index is 12.5. The van der Waals surface area contributed by atoms with E-state index < -0.39 is 23.7 Å². The van der Waals surface area contributed by atoms with E-state index in [1.807, 2.05) is 0 Å². The number of amides is 1. The molecule has 2 aliphatic rings. The van der Waals surface area contributed by atoms with Crippen LogP contribution in [0.1, 0.15) is 29.0 Å². The Bertz CT molecular complexity index is 647. The molecule has 0 atom stereocenters. The van der Waals surface area contributed by atoms with Crippen molar-refractivity contribution in [2.45, 2.75) is 37.8 Å². The van der Waals surface area contributed by atoms with Crippen LogP contribution >= 0.6 is 0 Å². The van der Waals surface area contributed by atoms with Gasteiger partial charge in [-0.3, -0.25) is 9.48 Å². The number of aromatic nitrogens is 2. The third-order valence-electron chi connectivity index (χ3n) is 4.25. The van der Waals surface area contributed by atoms with Crippen LogP contribution in [0, 0.1) is 0 Å². The van der Waals surface area contributed by atoms with E-state index in [1.54, 1.807) is 0 Å². The second-order valence-corrected chi connectivity index (χ2v) is 5.75. The zero-order chi connectivity index (χ0) is 16.8. The van der Waals surface area contributed by atoms with Gasteiger partial charge < -0.3 is 14.7 Å². The first-order valence-electron chi connectivity index (χ1n) is 7.00. The minimum absolute atomic E-state index is 0.0548. The third-order valence-corrected chi connectivity index (χ3v) is 4.25. The number of aromatic carboxylic acids is 1. The monoisotopic (exact) mass is 333 g/mol. The second-order valence-electron chi connectivity index (χ2n) is 5.75. The smallest absolute Gasteiger partial charge is 0.471 e. The predicted octanol–water partition coefficient (Wildman–Crippen LogP) is 1.03. The number of carbonyl (C=O) groups is 2. The number of alkyl halides is 3. The fourth-order valence-corrected chi connectivity index (χ4v) is 2.96. The van der Waals surface area contributed by atoms with Crippen LogP contribution in [0.25, 0.3) is 0 Å². The Morgan fingerprint density at radius 1 is 1.30 bits per heavy atom. The normalized spacial score (nSPS) is 20.4. The minimum Gasteiger partial charge on any atom is -0.476 e. The van der Waals surface area contributed by atoms with Gasteiger partial charge in [-0.15, -0.1) is 0 Å². The molecule has 7 nitrogen and oxygen atoms in total. The molecular formula is C13H14F3N3O4. The molecule has 126 valence electrons. The van der Waals surface area contributed by atoms with E-state index in [4.69, 9.17) is 9.84 Å². The number of carboxylic acid groups (broad SMARTS) is 1. The summed E-state index contributed by atoms with van der Waals surface area (Å²) in [6.45, 7) is 0.304. The Morgan fingerprint density at radius 3 is 2.52 bits per heavy atom. The number of carbonyl (C=O) groups excluding carboxylic acids is 1. The third kappa shape index (κ3) is 2.90. The van der Waals surface area contributed by atoms with Crippen molar-refractivity contribution < 1.29 is 32.6 Å². The lowest BCUT2D eigenvalue weighted by atomic mass is 9.90. The average Bonchev–Trinajstić information content (AvgIpc) is 2.89. The molecule has 2 aliphatic heterocycles. The van der Waals surface area contributed by atoms with Crippen molar-refractivity contribution >= 4 is 11.9 Å². The van der Waals surface area contributed by atoms with Crippen molar-refractivity contribution in [2.24, 2.45) is 0 Å². The van der Waals surface area contributed by atoms with Crippen LogP contribution in [-0.4, -0.2) is 56.5 Å². The molecule has 3 rings (SSSR count). The molecule has 1 fully saturated rings. The molecule has 1 N–H and O–H groups in total. The number of piperidine rings is 1. The first-order valence-corrected chi connectivity index (χ1v) is 7.00. The summed E-state index contributed by atoms with van der Waals surface area (Å²) in [5.41, 5.74) is -0.191. The van der Waals surface area contributed by atoms with Gasteiger partial charge in [0.15, 0.2) is 5.69 Å². The summed E-state index contributed by atoms with van der Waals surface area (Å²) in [6.07, 6.45) is -4.38. The summed E-state index contributed by atoms with van der Waals surface area (Å²) in [7, 11) is 0. The van der Waals surface area contributed by atoms with Gasteiger partial charge in [0.25, 0.3) is 0 Å². The highest BCUT2D eigenvalue weighted by Gasteiger charge is 2.47. The van der Waals surface area contributed by atoms with Gasteiger partial charge >= 0.3 is 18.1 Å². The van der Waals surface area contributed by atoms with Crippen LogP contribution in [0.5, 0.6) is 0 Å². The van der Waals surface area contributed by atoms with Crippen LogP contribution in [0.4, 0.5) is 13.2 Å². The topological polar surface area (TPSA) is 84.7 Å². The summed E-state index contributed by atoms with van der Waals surface area (Å²) < 4.78 is 44.6. The van der Waals surface area contributed by atoms with E-state index in [0.717, 1.165) is 4.90 Å². The Balaban J connectivity index is 1.69. The fourth-order valence-electron chi connectivity index (χ4n) is 2.96. The van der Waals surface area contributed by atoms with Gasteiger partial charge in [0, 0.05) is 13.1 Å². The summed E-state index contributed by atoms with van der Waals surface area (Å²) in [5.74, 6) is -2.98. The lowest BCUT2D eigenvalue weighted by Crippen LogP contribution is -2.54. The van der Waals surface area contributed by atoms with E-state index in [1.165, 1.54) is 10.7 Å². The number of halogens is 3. The number of hydrogen-bond donors (Lipinski definition) is 1. The first kappa shape index (κ1) is 15.8. The first-order chi connectivity index (χ1) is 10.7. The molecule has 10 heteroatoms. The van der Waals surface area contributed by atoms with Crippen LogP contribution < -0.4 is 0 Å². The van der Waals surface area contributed by atoms with E-state index in [9.17, 15) is 22.8 Å². The highest BCUT2D eigenvalue weighted by Crippen LogP contribution is 2.34. The van der Waals surface area contributed by atoms with Crippen molar-refractivity contribution in [3.05, 3.63) is 17.5 Å². The molecule has 0 aromatic carbocycles. The van der Waals surface area contributed by atoms with Gasteiger partial charge in [-0.05, 0) is 18.9 Å². The van der Waals surface area contributed by atoms with Gasteiger partial charge in [0.2, 0.25) is 0 Å². The molecule has 0 aliphatic carbocycles. The van der Waals surface area contributed by atoms with Crippen molar-refractivity contribution in [3.8, 4) is 0 Å². The number of ether oxygens (including phenoxy) is 1. The van der Waals surface area contributed by atoms with Crippen molar-refractivity contribution in [2.75, 3.05) is 13.1 Å². The standard InChI is InChI=1S/C13H14F3N3O4/c14-13(15,16)11(22)18-3-1-12(2-4-18)7-19-8(6-23-12)5-9(17-19)10(20)21/h5H,1-4,6-7H2,(H,20,21). The largest absolute Gasteiger partial charge is 0.476 e. The number of fused-ring (bicyclic) bond motifs is 1. The van der Waals surface area contributed by atoms with Gasteiger partial charge in [-0.2, -0.15) is 18.3 Å². The molecule has 23 heavy (non-hydrogen) atoms. The number of nitrogens with zero attached hydrogens (tertiary/aromatic N) is 3. The lowest BCUT2D eigenvalue weighted by Gasteiger charge is -2.43. The summed E-state index contributed by atoms with van der Waals surface area (Å²) in [6, 6.07) is 1.41. The Morgan fingerprint density at radius 2 is 1.96 bits per heavy atom. The highest BCUT2D eigenvalue weighted by atomic mass is 19.4. The highest BCUT2D eigenvalue weighted by molar-refractivity contribution is 5.85. The molecule has 1 saturated heterocycles. The molecule has 0 radical (unpaired) electrons. The molecule has 1 aromatic rings. The predicted molar refractivity (Wildman–Crippen MR) is 68.6 cm³/mol. The minimum atomic E-state index is -4.87. The zero-order valence-electron chi connectivity index (χ0n) is 12.0. The Labute approximate surface area is 128 Å². The molecule has 0 saturated carbocycles. The summed E-state index contributed by atoms with van der Waals surface area (Å²) in [5, 5.41) is 12.9. The zero-order valence-corrected chi connectivity index (χ0v) is 12.0. The van der Waals surface area contributed by atoms with E-state index >= 15 is 0 Å². The summed E-state index contributed by atoms with van der Waals surface area (Å²) in [4.78, 5) is 22.9. The number of likely N-dealkylation sites (tertiary alicyclic amines) is 1. The lowest BCUT2D eigenvalue weighted by molar-refractivity contribution is -0.191. The van der Waals surface area contributed by atoms with Crippen molar-refractivity contribution in [1.82, 2.24) is 14.7 Å². The SMILES string of the molecule is O=C(O)c1cc2n(n1)CC1(CCN(C(=O)C(F)(F)F)CC1)OC2. The van der Waals surface area contributed by atoms with Gasteiger partial charge in [0.05, 0.1) is 24.4 Å². The molecule has 1 amide bonds. The molecule has 1 spiro atoms. The van der Waals surface area contributed by atoms with Crippen molar-refractivity contribution in [1.29, 1.82) is 0 Å². The molecule has 0 bridgehead atoms. The van der Waals surface area contributed by atoms with Crippen LogP contribution in [0.15, 0.2) is 6.07 Å². The second kappa shape index (κ2) is 5.22. The van der Waals surface area contributed by atoms with Crippen LogP contribution in [-0.2, 0) is 22.7 Å². The molecule has 1 aromatic heterocycles. The van der Waals surface area contributed by atoms with Crippen LogP contribution in [0.3, 0.4) is 0 Å². The fraction of sp³-hybridized carbons (Fsp3) is 0.615. The maximum absolute atomic E-state index is 12.5. The molecular weight excluding hydrogens is 319 g/mol. The Kier molecular flexibility index (Phi) is 3.58. The van der Waals surface area contributed by atoms with Gasteiger partial charge in [-0.25, -0.2) is 4.79 Å². The van der Waals surface area contributed by atoms with E-state index in [2.05, 4.69) is 5.10 Å². The molecule has 0 unspecified atom stereocenters. The number of hydrogen-bond acceptors (Lipinski definition) is 4. The maximum Gasteiger partial charge on any atom is 0.471 e. The summed E-state index contributed by atoms with van der Waals surface area (Å²) >= 11 is 0. The molecule has 3 heterocycles. The van der Waals surface area contributed by atoms with Gasteiger partial charge in [0.1, 0.15) is 0 Å². The number of rotatable bonds is 1. The van der Waals surface area contributed by atoms with E-state index in [-0.39, 0.29) is 44.8 Å². The quantitative estimate of drug-likeness (QED) is 0.830. The number of carboxylic acids is 1. The van der Waals surface area contributed by atoms with Crippen LogP contribution in [0.2, 0.25) is 0 Å². The Hall–Kier alpha value is -2.10.